The maximum atomic E-state index is 10.2. The highest BCUT2D eigenvalue weighted by Gasteiger charge is 2.05. The lowest BCUT2D eigenvalue weighted by Gasteiger charge is -2.05. The minimum atomic E-state index is -0.677. The van der Waals surface area contributed by atoms with Crippen LogP contribution in [0, 0.1) is 5.92 Å². The molecule has 0 saturated heterocycles. The maximum absolute atomic E-state index is 10.2. The van der Waals surface area contributed by atoms with E-state index in [9.17, 15) is 4.79 Å². The van der Waals surface area contributed by atoms with Crippen LogP contribution in [-0.4, -0.2) is 11.1 Å². The standard InChI is InChI=1S/C8H11N.C8H16O2/c1-7(9)8-5-3-2-4-6-8;1-3-4-5-7(2)6-8(9)10/h2-7H,9H2,1H3;7H,3-6H2,1-2H3,(H,9,10)/t2*7-/m00/s1. The number of aliphatic carboxylic acids is 1. The van der Waals surface area contributed by atoms with E-state index in [0.29, 0.717) is 12.3 Å². The quantitative estimate of drug-likeness (QED) is 0.817. The second kappa shape index (κ2) is 10.6. The van der Waals surface area contributed by atoms with Crippen molar-refractivity contribution in [2.45, 2.75) is 52.5 Å². The lowest BCUT2D eigenvalue weighted by Crippen LogP contribution is -2.03. The molecule has 0 unspecified atom stereocenters. The molecule has 19 heavy (non-hydrogen) atoms. The normalized spacial score (nSPS) is 13.1. The Morgan fingerprint density at radius 3 is 2.21 bits per heavy atom. The Morgan fingerprint density at radius 2 is 1.84 bits per heavy atom. The van der Waals surface area contributed by atoms with E-state index in [1.807, 2.05) is 44.2 Å². The van der Waals surface area contributed by atoms with Gasteiger partial charge in [0.05, 0.1) is 0 Å². The van der Waals surface area contributed by atoms with Gasteiger partial charge < -0.3 is 10.8 Å². The van der Waals surface area contributed by atoms with Gasteiger partial charge in [-0.3, -0.25) is 4.79 Å². The van der Waals surface area contributed by atoms with Crippen LogP contribution in [0.1, 0.15) is 58.1 Å². The fourth-order valence-electron chi connectivity index (χ4n) is 1.71. The molecule has 0 aliphatic heterocycles. The average molecular weight is 265 g/mol. The van der Waals surface area contributed by atoms with Gasteiger partial charge in [0.2, 0.25) is 0 Å². The second-order valence-electron chi connectivity index (χ2n) is 5.04. The van der Waals surface area contributed by atoms with E-state index in [4.69, 9.17) is 10.8 Å². The number of carboxylic acid groups (broad SMARTS) is 1. The monoisotopic (exact) mass is 265 g/mol. The Morgan fingerprint density at radius 1 is 1.26 bits per heavy atom. The lowest BCUT2D eigenvalue weighted by molar-refractivity contribution is -0.138. The van der Waals surface area contributed by atoms with Gasteiger partial charge in [0.15, 0.2) is 0 Å². The molecule has 0 spiro atoms. The van der Waals surface area contributed by atoms with Crippen molar-refractivity contribution in [3.8, 4) is 0 Å². The molecule has 2 atom stereocenters. The van der Waals surface area contributed by atoms with Crippen molar-refractivity contribution < 1.29 is 9.90 Å². The summed E-state index contributed by atoms with van der Waals surface area (Å²) in [6.45, 7) is 6.09. The molecule has 3 heteroatoms. The van der Waals surface area contributed by atoms with Crippen LogP contribution >= 0.6 is 0 Å². The number of hydrogen-bond acceptors (Lipinski definition) is 2. The van der Waals surface area contributed by atoms with E-state index in [-0.39, 0.29) is 6.04 Å². The minimum absolute atomic E-state index is 0.159. The molecule has 0 fully saturated rings. The van der Waals surface area contributed by atoms with Crippen molar-refractivity contribution in [1.82, 2.24) is 0 Å². The van der Waals surface area contributed by atoms with E-state index < -0.39 is 5.97 Å². The molecule has 0 radical (unpaired) electrons. The van der Waals surface area contributed by atoms with Crippen LogP contribution in [0.3, 0.4) is 0 Å². The van der Waals surface area contributed by atoms with Crippen LogP contribution in [0.5, 0.6) is 0 Å². The molecule has 0 heterocycles. The third-order valence-electron chi connectivity index (χ3n) is 2.90. The Bertz CT molecular complexity index is 336. The molecule has 0 amide bonds. The molecule has 0 bridgehead atoms. The first-order valence-electron chi connectivity index (χ1n) is 6.99. The minimum Gasteiger partial charge on any atom is -0.481 e. The van der Waals surface area contributed by atoms with Crippen molar-refractivity contribution in [3.05, 3.63) is 35.9 Å². The summed E-state index contributed by atoms with van der Waals surface area (Å²) in [6, 6.07) is 10.2. The van der Waals surface area contributed by atoms with Crippen LogP contribution < -0.4 is 5.73 Å². The molecule has 0 saturated carbocycles. The van der Waals surface area contributed by atoms with Crippen molar-refractivity contribution in [3.63, 3.8) is 0 Å². The van der Waals surface area contributed by atoms with Gasteiger partial charge in [-0.1, -0.05) is 63.4 Å². The summed E-state index contributed by atoms with van der Waals surface area (Å²) >= 11 is 0. The largest absolute Gasteiger partial charge is 0.481 e. The Balaban J connectivity index is 0.000000342. The maximum Gasteiger partial charge on any atom is 0.303 e. The highest BCUT2D eigenvalue weighted by atomic mass is 16.4. The summed E-state index contributed by atoms with van der Waals surface area (Å²) in [5, 5.41) is 8.38. The molecule has 0 aliphatic rings. The third kappa shape index (κ3) is 10.3. The Hall–Kier alpha value is -1.35. The summed E-state index contributed by atoms with van der Waals surface area (Å²) in [7, 11) is 0. The number of carboxylic acids is 1. The van der Waals surface area contributed by atoms with E-state index >= 15 is 0 Å². The number of unbranched alkanes of at least 4 members (excludes halogenated alkanes) is 1. The van der Waals surface area contributed by atoms with E-state index in [0.717, 1.165) is 19.3 Å². The molecule has 1 rings (SSSR count). The number of hydrogen-bond donors (Lipinski definition) is 2. The highest BCUT2D eigenvalue weighted by molar-refractivity contribution is 5.66. The Labute approximate surface area is 116 Å². The summed E-state index contributed by atoms with van der Waals surface area (Å²) in [5.74, 6) is -0.332. The van der Waals surface area contributed by atoms with Crippen LogP contribution in [0.4, 0.5) is 0 Å². The van der Waals surface area contributed by atoms with Gasteiger partial charge in [-0.05, 0) is 18.4 Å². The molecular formula is C16H27NO2. The first-order valence-corrected chi connectivity index (χ1v) is 6.99. The molecule has 1 aromatic carbocycles. The first-order chi connectivity index (χ1) is 8.97. The number of nitrogens with two attached hydrogens (primary N) is 1. The predicted octanol–water partition coefficient (Wildman–Crippen LogP) is 3.99. The molecule has 3 nitrogen and oxygen atoms in total. The smallest absolute Gasteiger partial charge is 0.303 e. The topological polar surface area (TPSA) is 63.3 Å². The van der Waals surface area contributed by atoms with Crippen LogP contribution in [-0.2, 0) is 4.79 Å². The molecule has 0 aliphatic carbocycles. The summed E-state index contributed by atoms with van der Waals surface area (Å²) in [4.78, 5) is 10.2. The molecule has 0 aromatic heterocycles. The van der Waals surface area contributed by atoms with Crippen molar-refractivity contribution in [2.75, 3.05) is 0 Å². The molecule has 108 valence electrons. The Kier molecular flexibility index (Phi) is 9.81. The summed E-state index contributed by atoms with van der Waals surface area (Å²) in [5.41, 5.74) is 6.81. The van der Waals surface area contributed by atoms with Gasteiger partial charge in [-0.15, -0.1) is 0 Å². The van der Waals surface area contributed by atoms with Crippen molar-refractivity contribution >= 4 is 5.97 Å². The van der Waals surface area contributed by atoms with E-state index in [1.54, 1.807) is 0 Å². The predicted molar refractivity (Wildman–Crippen MR) is 80.0 cm³/mol. The number of carbonyl (C=O) groups is 1. The van der Waals surface area contributed by atoms with E-state index in [2.05, 4.69) is 6.92 Å². The zero-order chi connectivity index (χ0) is 14.7. The van der Waals surface area contributed by atoms with Crippen molar-refractivity contribution in [2.24, 2.45) is 11.7 Å². The van der Waals surface area contributed by atoms with Gasteiger partial charge in [0.1, 0.15) is 0 Å². The van der Waals surface area contributed by atoms with Crippen LogP contribution in [0.2, 0.25) is 0 Å². The number of benzene rings is 1. The third-order valence-corrected chi connectivity index (χ3v) is 2.90. The summed E-state index contributed by atoms with van der Waals surface area (Å²) < 4.78 is 0. The van der Waals surface area contributed by atoms with Crippen molar-refractivity contribution in [1.29, 1.82) is 0 Å². The fraction of sp³-hybridized carbons (Fsp3) is 0.562. The zero-order valence-corrected chi connectivity index (χ0v) is 12.3. The number of rotatable bonds is 6. The zero-order valence-electron chi connectivity index (χ0n) is 12.3. The fourth-order valence-corrected chi connectivity index (χ4v) is 1.71. The van der Waals surface area contributed by atoms with Gasteiger partial charge in [-0.2, -0.15) is 0 Å². The van der Waals surface area contributed by atoms with Gasteiger partial charge in [-0.25, -0.2) is 0 Å². The molecule has 3 N–H and O–H groups in total. The van der Waals surface area contributed by atoms with Crippen LogP contribution in [0.25, 0.3) is 0 Å². The highest BCUT2D eigenvalue weighted by Crippen LogP contribution is 2.10. The summed E-state index contributed by atoms with van der Waals surface area (Å²) in [6.07, 6.45) is 3.67. The van der Waals surface area contributed by atoms with Gasteiger partial charge in [0.25, 0.3) is 0 Å². The molecular weight excluding hydrogens is 238 g/mol. The average Bonchev–Trinajstić information content (AvgIpc) is 2.37. The SMILES string of the molecule is CCCC[C@H](C)CC(=O)O.C[C@H](N)c1ccccc1. The second-order valence-corrected chi connectivity index (χ2v) is 5.04. The van der Waals surface area contributed by atoms with Gasteiger partial charge >= 0.3 is 5.97 Å². The van der Waals surface area contributed by atoms with E-state index in [1.165, 1.54) is 5.56 Å². The molecule has 1 aromatic rings. The van der Waals surface area contributed by atoms with Crippen LogP contribution in [0.15, 0.2) is 30.3 Å². The first kappa shape index (κ1) is 17.6. The van der Waals surface area contributed by atoms with Gasteiger partial charge in [0, 0.05) is 12.5 Å². The lowest BCUT2D eigenvalue weighted by atomic mass is 10.0.